The predicted molar refractivity (Wildman–Crippen MR) is 44.3 cm³/mol. The number of carbonyl (C=O) groups is 1. The molecule has 1 fully saturated rings. The molecule has 0 aliphatic carbocycles. The van der Waals surface area contributed by atoms with Crippen LogP contribution in [-0.2, 0) is 18.4 Å². The summed E-state index contributed by atoms with van der Waals surface area (Å²) in [4.78, 5) is 10.6. The molecule has 0 radical (unpaired) electrons. The number of aldehydes is 1. The van der Waals surface area contributed by atoms with E-state index in [1.807, 2.05) is 0 Å². The third kappa shape index (κ3) is 1.60. The van der Waals surface area contributed by atoms with Crippen molar-refractivity contribution in [2.45, 2.75) is 25.4 Å². The molecular formula is C7H13O4P. The first kappa shape index (κ1) is 9.90. The molecule has 0 unspecified atom stereocenters. The molecule has 5 heteroatoms. The Labute approximate surface area is 71.8 Å². The summed E-state index contributed by atoms with van der Waals surface area (Å²) in [6.45, 7) is 3.95. The van der Waals surface area contributed by atoms with Crippen LogP contribution in [0.3, 0.4) is 0 Å². The molecule has 1 rings (SSSR count). The van der Waals surface area contributed by atoms with Gasteiger partial charge in [0, 0.05) is 0 Å². The Bertz CT molecular complexity index is 213. The van der Waals surface area contributed by atoms with Crippen LogP contribution in [0.4, 0.5) is 0 Å². The highest BCUT2D eigenvalue weighted by Gasteiger charge is 2.44. The lowest BCUT2D eigenvalue weighted by Gasteiger charge is -2.31. The van der Waals surface area contributed by atoms with Crippen molar-refractivity contribution in [3.63, 3.8) is 0 Å². The lowest BCUT2D eigenvalue weighted by molar-refractivity contribution is -0.109. The Morgan fingerprint density at radius 3 is 2.25 bits per heavy atom. The molecule has 0 bridgehead atoms. The quantitative estimate of drug-likeness (QED) is 0.492. The van der Waals surface area contributed by atoms with Gasteiger partial charge in [-0.3, -0.25) is 4.57 Å². The average molecular weight is 192 g/mol. The van der Waals surface area contributed by atoms with Crippen LogP contribution in [0.5, 0.6) is 0 Å². The summed E-state index contributed by atoms with van der Waals surface area (Å²) in [6.07, 6.45) is 1.36. The second-order valence-corrected chi connectivity index (χ2v) is 5.95. The zero-order valence-corrected chi connectivity index (χ0v) is 8.17. The molecule has 0 saturated carbocycles. The maximum absolute atomic E-state index is 11.8. The van der Waals surface area contributed by atoms with Crippen molar-refractivity contribution in [3.8, 4) is 0 Å². The van der Waals surface area contributed by atoms with Crippen LogP contribution < -0.4 is 0 Å². The Morgan fingerprint density at radius 1 is 1.33 bits per heavy atom. The molecule has 0 amide bonds. The minimum Gasteiger partial charge on any atom is -0.308 e. The van der Waals surface area contributed by atoms with Crippen LogP contribution in [0.15, 0.2) is 0 Å². The fraction of sp³-hybridized carbons (Fsp3) is 0.857. The van der Waals surface area contributed by atoms with E-state index in [-0.39, 0.29) is 0 Å². The highest BCUT2D eigenvalue weighted by Crippen LogP contribution is 2.60. The highest BCUT2D eigenvalue weighted by molar-refractivity contribution is 7.56. The summed E-state index contributed by atoms with van der Waals surface area (Å²) >= 11 is 0. The summed E-state index contributed by atoms with van der Waals surface area (Å²) in [6, 6.07) is 0. The van der Waals surface area contributed by atoms with E-state index < -0.39 is 12.8 Å². The number of carbonyl (C=O) groups excluding carboxylic acids is 1. The molecule has 0 aromatic rings. The van der Waals surface area contributed by atoms with Crippen molar-refractivity contribution in [1.29, 1.82) is 0 Å². The van der Waals surface area contributed by atoms with Gasteiger partial charge in [0.15, 0.2) is 0 Å². The van der Waals surface area contributed by atoms with Gasteiger partial charge in [0.1, 0.15) is 11.4 Å². The van der Waals surface area contributed by atoms with E-state index in [1.165, 1.54) is 0 Å². The molecule has 0 spiro atoms. The minimum atomic E-state index is -3.18. The van der Waals surface area contributed by atoms with E-state index in [1.54, 1.807) is 13.8 Å². The molecule has 0 aromatic heterocycles. The molecule has 12 heavy (non-hydrogen) atoms. The van der Waals surface area contributed by atoms with Gasteiger partial charge in [-0.2, -0.15) is 0 Å². The van der Waals surface area contributed by atoms with Gasteiger partial charge in [0.05, 0.1) is 13.2 Å². The van der Waals surface area contributed by atoms with Crippen LogP contribution in [-0.4, -0.2) is 24.7 Å². The smallest absolute Gasteiger partial charge is 0.308 e. The van der Waals surface area contributed by atoms with Crippen molar-refractivity contribution >= 4 is 13.9 Å². The number of hydrogen-bond acceptors (Lipinski definition) is 4. The largest absolute Gasteiger partial charge is 0.343 e. The van der Waals surface area contributed by atoms with Gasteiger partial charge in [-0.15, -0.1) is 0 Å². The Kier molecular flexibility index (Phi) is 2.71. The van der Waals surface area contributed by atoms with E-state index in [2.05, 4.69) is 0 Å². The van der Waals surface area contributed by atoms with Crippen LogP contribution >= 0.6 is 7.60 Å². The van der Waals surface area contributed by atoms with Crippen molar-refractivity contribution < 1.29 is 18.4 Å². The Hall–Kier alpha value is -0.180. The van der Waals surface area contributed by atoms with Gasteiger partial charge < -0.3 is 13.8 Å². The molecule has 1 aliphatic heterocycles. The van der Waals surface area contributed by atoms with Gasteiger partial charge in [0.2, 0.25) is 0 Å². The van der Waals surface area contributed by atoms with E-state index in [9.17, 15) is 9.36 Å². The molecule has 4 nitrogen and oxygen atoms in total. The zero-order chi connectivity index (χ0) is 9.24. The SMILES string of the molecule is CC(C)(C=O)P1(=O)OCCCO1. The monoisotopic (exact) mass is 192 g/mol. The fourth-order valence-electron chi connectivity index (χ4n) is 0.863. The summed E-state index contributed by atoms with van der Waals surface area (Å²) in [5, 5.41) is -1.02. The summed E-state index contributed by atoms with van der Waals surface area (Å²) in [5.74, 6) is 0. The van der Waals surface area contributed by atoms with Gasteiger partial charge in [-0.25, -0.2) is 0 Å². The first-order valence-electron chi connectivity index (χ1n) is 3.87. The van der Waals surface area contributed by atoms with E-state index >= 15 is 0 Å². The molecule has 70 valence electrons. The maximum Gasteiger partial charge on any atom is 0.343 e. The second-order valence-electron chi connectivity index (χ2n) is 3.29. The minimum absolute atomic E-state index is 0.411. The third-order valence-corrected chi connectivity index (χ3v) is 4.37. The van der Waals surface area contributed by atoms with Crippen LogP contribution in [0.25, 0.3) is 0 Å². The van der Waals surface area contributed by atoms with E-state index in [4.69, 9.17) is 9.05 Å². The van der Waals surface area contributed by atoms with Crippen LogP contribution in [0, 0.1) is 0 Å². The molecule has 1 aliphatic rings. The van der Waals surface area contributed by atoms with Gasteiger partial charge in [0.25, 0.3) is 0 Å². The first-order chi connectivity index (χ1) is 5.52. The maximum atomic E-state index is 11.8. The molecular weight excluding hydrogens is 179 g/mol. The summed E-state index contributed by atoms with van der Waals surface area (Å²) in [7, 11) is -3.18. The topological polar surface area (TPSA) is 52.6 Å². The van der Waals surface area contributed by atoms with Crippen LogP contribution in [0.1, 0.15) is 20.3 Å². The number of rotatable bonds is 2. The zero-order valence-electron chi connectivity index (χ0n) is 7.28. The van der Waals surface area contributed by atoms with Gasteiger partial charge in [-0.05, 0) is 20.3 Å². The predicted octanol–water partition coefficient (Wildman–Crippen LogP) is 1.59. The number of hydrogen-bond donors (Lipinski definition) is 0. The average Bonchev–Trinajstić information content (AvgIpc) is 2.06. The van der Waals surface area contributed by atoms with Crippen molar-refractivity contribution in [3.05, 3.63) is 0 Å². The van der Waals surface area contributed by atoms with Crippen molar-refractivity contribution in [1.82, 2.24) is 0 Å². The molecule has 0 aromatic carbocycles. The normalized spacial score (nSPS) is 23.5. The Balaban J connectivity index is 2.82. The second kappa shape index (κ2) is 3.29. The van der Waals surface area contributed by atoms with Crippen LogP contribution in [0.2, 0.25) is 0 Å². The highest BCUT2D eigenvalue weighted by atomic mass is 31.2. The first-order valence-corrected chi connectivity index (χ1v) is 5.42. The van der Waals surface area contributed by atoms with Gasteiger partial charge >= 0.3 is 7.60 Å². The molecule has 1 heterocycles. The Morgan fingerprint density at radius 2 is 1.83 bits per heavy atom. The third-order valence-electron chi connectivity index (χ3n) is 1.81. The fourth-order valence-corrected chi connectivity index (χ4v) is 2.47. The van der Waals surface area contributed by atoms with Crippen molar-refractivity contribution in [2.75, 3.05) is 13.2 Å². The summed E-state index contributed by atoms with van der Waals surface area (Å²) in [5.41, 5.74) is 0. The lowest BCUT2D eigenvalue weighted by Crippen LogP contribution is -2.27. The van der Waals surface area contributed by atoms with E-state index in [0.29, 0.717) is 19.5 Å². The molecule has 1 saturated heterocycles. The van der Waals surface area contributed by atoms with E-state index in [0.717, 1.165) is 6.42 Å². The summed E-state index contributed by atoms with van der Waals surface area (Å²) < 4.78 is 21.9. The molecule has 0 atom stereocenters. The standard InChI is InChI=1S/C7H13O4P/c1-7(2,6-8)12(9)10-4-3-5-11-12/h6H,3-5H2,1-2H3. The van der Waals surface area contributed by atoms with Crippen molar-refractivity contribution in [2.24, 2.45) is 0 Å². The van der Waals surface area contributed by atoms with Gasteiger partial charge in [-0.1, -0.05) is 0 Å². The molecule has 0 N–H and O–H groups in total. The lowest BCUT2D eigenvalue weighted by atomic mass is 10.2.